The lowest BCUT2D eigenvalue weighted by Crippen LogP contribution is -2.21. The molecule has 0 spiro atoms. The van der Waals surface area contributed by atoms with Gasteiger partial charge in [0, 0.05) is 17.6 Å². The Morgan fingerprint density at radius 1 is 1.47 bits per heavy atom. The molecule has 1 aromatic carbocycles. The number of hydrogen-bond donors (Lipinski definition) is 2. The number of aromatic nitrogens is 1. The van der Waals surface area contributed by atoms with Crippen molar-refractivity contribution in [3.05, 3.63) is 40.9 Å². The maximum atomic E-state index is 10.9. The number of fused-ring (bicyclic) bond motifs is 1. The van der Waals surface area contributed by atoms with Crippen LogP contribution in [0.25, 0.3) is 0 Å². The fourth-order valence-corrected chi connectivity index (χ4v) is 3.11. The van der Waals surface area contributed by atoms with E-state index in [0.29, 0.717) is 5.69 Å². The summed E-state index contributed by atoms with van der Waals surface area (Å²) >= 11 is 1.43. The summed E-state index contributed by atoms with van der Waals surface area (Å²) in [5, 5.41) is 11.4. The average Bonchev–Trinajstić information content (AvgIpc) is 3.03. The lowest BCUT2D eigenvalue weighted by Gasteiger charge is -2.15. The number of rotatable bonds is 3. The minimum atomic E-state index is -1.06. The second-order valence-electron chi connectivity index (χ2n) is 4.40. The smallest absolute Gasteiger partial charge is 0.326 e. The maximum absolute atomic E-state index is 10.9. The normalized spacial score (nSPS) is 15.3. The quantitative estimate of drug-likeness (QED) is 0.894. The number of nitrogens with zero attached hydrogens (tertiary/aromatic N) is 2. The molecule has 2 aromatic rings. The summed E-state index contributed by atoms with van der Waals surface area (Å²) in [6, 6.07) is 7.13. The molecule has 0 saturated carbocycles. The molecule has 3 rings (SSSR count). The fraction of sp³-hybridized carbons (Fsp3) is 0.231. The first-order chi connectivity index (χ1) is 9.16. The summed E-state index contributed by atoms with van der Waals surface area (Å²) in [5.74, 6) is -1.06. The molecule has 1 atom stereocenters. The van der Waals surface area contributed by atoms with Crippen molar-refractivity contribution in [2.75, 3.05) is 11.4 Å². The number of benzene rings is 1. The molecule has 0 bridgehead atoms. The first-order valence-corrected chi connectivity index (χ1v) is 6.84. The Labute approximate surface area is 114 Å². The number of hydrogen-bond acceptors (Lipinski definition) is 5. The van der Waals surface area contributed by atoms with Crippen molar-refractivity contribution < 1.29 is 9.90 Å². The summed E-state index contributed by atoms with van der Waals surface area (Å²) in [4.78, 5) is 17.3. The van der Waals surface area contributed by atoms with Crippen molar-refractivity contribution in [2.45, 2.75) is 12.5 Å². The Kier molecular flexibility index (Phi) is 2.96. The highest BCUT2D eigenvalue weighted by Gasteiger charge is 2.24. The second-order valence-corrected chi connectivity index (χ2v) is 5.24. The van der Waals surface area contributed by atoms with Crippen LogP contribution in [0.5, 0.6) is 0 Å². The molecule has 0 saturated heterocycles. The second kappa shape index (κ2) is 4.64. The van der Waals surface area contributed by atoms with Gasteiger partial charge < -0.3 is 15.7 Å². The van der Waals surface area contributed by atoms with Crippen molar-refractivity contribution in [3.63, 3.8) is 0 Å². The summed E-state index contributed by atoms with van der Waals surface area (Å²) in [6.07, 6.45) is 0.982. The Balaban J connectivity index is 1.91. The summed E-state index contributed by atoms with van der Waals surface area (Å²) < 4.78 is 0. The van der Waals surface area contributed by atoms with Crippen molar-refractivity contribution in [1.29, 1.82) is 0 Å². The third-order valence-electron chi connectivity index (χ3n) is 3.21. The Morgan fingerprint density at radius 2 is 2.26 bits per heavy atom. The van der Waals surface area contributed by atoms with E-state index in [1.54, 1.807) is 5.38 Å². The molecule has 2 heterocycles. The van der Waals surface area contributed by atoms with Crippen molar-refractivity contribution in [3.8, 4) is 0 Å². The van der Waals surface area contributed by atoms with Gasteiger partial charge in [0.1, 0.15) is 6.04 Å². The van der Waals surface area contributed by atoms with E-state index >= 15 is 0 Å². The highest BCUT2D eigenvalue weighted by Crippen LogP contribution is 2.36. The van der Waals surface area contributed by atoms with E-state index in [9.17, 15) is 4.79 Å². The van der Waals surface area contributed by atoms with E-state index in [1.165, 1.54) is 16.9 Å². The van der Waals surface area contributed by atoms with Gasteiger partial charge >= 0.3 is 5.97 Å². The minimum absolute atomic E-state index is 0.414. The highest BCUT2D eigenvalue weighted by molar-refractivity contribution is 7.13. The van der Waals surface area contributed by atoms with Crippen LogP contribution in [-0.4, -0.2) is 22.6 Å². The molecule has 0 fully saturated rings. The molecule has 98 valence electrons. The third kappa shape index (κ3) is 2.09. The average molecular weight is 275 g/mol. The zero-order valence-corrected chi connectivity index (χ0v) is 10.9. The molecule has 1 aromatic heterocycles. The number of anilines is 2. The van der Waals surface area contributed by atoms with Gasteiger partial charge in [0.05, 0.1) is 5.69 Å². The van der Waals surface area contributed by atoms with Crippen molar-refractivity contribution in [2.24, 2.45) is 5.73 Å². The Hall–Kier alpha value is -1.92. The molecule has 0 amide bonds. The van der Waals surface area contributed by atoms with Gasteiger partial charge in [-0.3, -0.25) is 4.79 Å². The summed E-state index contributed by atoms with van der Waals surface area (Å²) in [6.45, 7) is 0.870. The number of carboxylic acid groups (broad SMARTS) is 1. The van der Waals surface area contributed by atoms with Gasteiger partial charge in [-0.1, -0.05) is 18.2 Å². The topological polar surface area (TPSA) is 79.5 Å². The Bertz CT molecular complexity index is 626. The predicted octanol–water partition coefficient (Wildman–Crippen LogP) is 1.92. The van der Waals surface area contributed by atoms with Crippen LogP contribution in [0, 0.1) is 0 Å². The van der Waals surface area contributed by atoms with Crippen molar-refractivity contribution in [1.82, 2.24) is 4.98 Å². The zero-order chi connectivity index (χ0) is 13.4. The van der Waals surface area contributed by atoms with E-state index in [1.807, 2.05) is 12.1 Å². The molecule has 5 nitrogen and oxygen atoms in total. The molecule has 0 aliphatic carbocycles. The van der Waals surface area contributed by atoms with E-state index in [4.69, 9.17) is 10.8 Å². The molecular weight excluding hydrogens is 262 g/mol. The summed E-state index contributed by atoms with van der Waals surface area (Å²) in [5.41, 5.74) is 8.42. The number of nitrogens with two attached hydrogens (primary N) is 1. The lowest BCUT2D eigenvalue weighted by atomic mass is 10.2. The van der Waals surface area contributed by atoms with Gasteiger partial charge in [0.25, 0.3) is 0 Å². The van der Waals surface area contributed by atoms with Crippen LogP contribution in [0.15, 0.2) is 29.6 Å². The maximum Gasteiger partial charge on any atom is 0.326 e. The SMILES string of the molecule is NC(C(=O)O)c1csc(N2CCc3ccccc32)n1. The standard InChI is InChI=1S/C13H13N3O2S/c14-11(12(17)18)9-7-19-13(15-9)16-6-5-8-3-1-2-4-10(8)16/h1-4,7,11H,5-6,14H2,(H,17,18). The molecule has 1 aliphatic rings. The van der Waals surface area contributed by atoms with Crippen LogP contribution in [0.3, 0.4) is 0 Å². The highest BCUT2D eigenvalue weighted by atomic mass is 32.1. The van der Waals surface area contributed by atoms with E-state index in [0.717, 1.165) is 23.8 Å². The van der Waals surface area contributed by atoms with Crippen LogP contribution in [0.2, 0.25) is 0 Å². The number of thiazole rings is 1. The van der Waals surface area contributed by atoms with Crippen LogP contribution in [0.4, 0.5) is 10.8 Å². The lowest BCUT2D eigenvalue weighted by molar-refractivity contribution is -0.138. The van der Waals surface area contributed by atoms with E-state index < -0.39 is 12.0 Å². The van der Waals surface area contributed by atoms with E-state index in [-0.39, 0.29) is 0 Å². The van der Waals surface area contributed by atoms with Crippen LogP contribution in [-0.2, 0) is 11.2 Å². The Morgan fingerprint density at radius 3 is 3.05 bits per heavy atom. The molecule has 3 N–H and O–H groups in total. The van der Waals surface area contributed by atoms with E-state index in [2.05, 4.69) is 22.0 Å². The monoisotopic (exact) mass is 275 g/mol. The minimum Gasteiger partial charge on any atom is -0.480 e. The zero-order valence-electron chi connectivity index (χ0n) is 10.1. The number of carbonyl (C=O) groups is 1. The van der Waals surface area contributed by atoms with Gasteiger partial charge in [0.15, 0.2) is 5.13 Å². The van der Waals surface area contributed by atoms with Gasteiger partial charge in [0.2, 0.25) is 0 Å². The molecule has 0 radical (unpaired) electrons. The van der Waals surface area contributed by atoms with Crippen LogP contribution in [0.1, 0.15) is 17.3 Å². The number of carboxylic acids is 1. The largest absolute Gasteiger partial charge is 0.480 e. The summed E-state index contributed by atoms with van der Waals surface area (Å²) in [7, 11) is 0. The van der Waals surface area contributed by atoms with Gasteiger partial charge in [-0.05, 0) is 18.1 Å². The van der Waals surface area contributed by atoms with Gasteiger partial charge in [-0.25, -0.2) is 4.98 Å². The fourth-order valence-electron chi connectivity index (χ4n) is 2.21. The molecule has 19 heavy (non-hydrogen) atoms. The number of aliphatic carboxylic acids is 1. The predicted molar refractivity (Wildman–Crippen MR) is 73.8 cm³/mol. The third-order valence-corrected chi connectivity index (χ3v) is 4.09. The molecule has 1 unspecified atom stereocenters. The van der Waals surface area contributed by atoms with Crippen LogP contribution < -0.4 is 10.6 Å². The molecule has 6 heteroatoms. The van der Waals surface area contributed by atoms with Gasteiger partial charge in [-0.2, -0.15) is 0 Å². The van der Waals surface area contributed by atoms with Crippen LogP contribution >= 0.6 is 11.3 Å². The first-order valence-electron chi connectivity index (χ1n) is 5.96. The van der Waals surface area contributed by atoms with Crippen molar-refractivity contribution >= 4 is 28.1 Å². The van der Waals surface area contributed by atoms with Gasteiger partial charge in [-0.15, -0.1) is 11.3 Å². The molecule has 1 aliphatic heterocycles. The number of para-hydroxylation sites is 1. The first kappa shape index (κ1) is 12.1. The molecular formula is C13H13N3O2S.